The molecule has 0 radical (unpaired) electrons. The molecule has 0 aromatic rings. The number of Topliss-reactive ketones (excluding diaryl/α,β-unsaturated/α-hetero) is 4. The van der Waals surface area contributed by atoms with Gasteiger partial charge in [0.1, 0.15) is 62.0 Å². The Labute approximate surface area is 183 Å². The molecule has 0 aromatic heterocycles. The maximum Gasteiger partial charge on any atom is 0.313 e. The lowest BCUT2D eigenvalue weighted by molar-refractivity contribution is -0.183. The van der Waals surface area contributed by atoms with E-state index in [1.807, 2.05) is 0 Å². The van der Waals surface area contributed by atoms with Crippen molar-refractivity contribution in [1.29, 1.82) is 0 Å². The van der Waals surface area contributed by atoms with Gasteiger partial charge in [-0.25, -0.2) is 0 Å². The van der Waals surface area contributed by atoms with Gasteiger partial charge in [-0.15, -0.1) is 0 Å². The van der Waals surface area contributed by atoms with Crippen LogP contribution >= 0.6 is 0 Å². The molecule has 0 rings (SSSR count). The molecule has 0 spiro atoms. The molecule has 0 fully saturated rings. The van der Waals surface area contributed by atoms with Gasteiger partial charge in [0.15, 0.2) is 12.2 Å². The molecule has 0 saturated carbocycles. The first-order valence-electron chi connectivity index (χ1n) is 9.48. The summed E-state index contributed by atoms with van der Waals surface area (Å²) in [6.07, 6.45) is -5.52. The van der Waals surface area contributed by atoms with E-state index in [0.717, 1.165) is 27.7 Å². The van der Waals surface area contributed by atoms with Crippen LogP contribution in [0.15, 0.2) is 0 Å². The fourth-order valence-electron chi connectivity index (χ4n) is 2.12. The van der Waals surface area contributed by atoms with Crippen molar-refractivity contribution in [3.8, 4) is 0 Å². The topological polar surface area (TPSA) is 173 Å². The molecule has 32 heavy (non-hydrogen) atoms. The number of rotatable bonds is 15. The summed E-state index contributed by atoms with van der Waals surface area (Å²) in [7, 11) is 0. The van der Waals surface area contributed by atoms with E-state index in [9.17, 15) is 38.4 Å². The van der Waals surface area contributed by atoms with E-state index in [4.69, 9.17) is 18.9 Å². The first-order chi connectivity index (χ1) is 14.8. The van der Waals surface area contributed by atoms with E-state index in [2.05, 4.69) is 0 Å². The normalized spacial score (nSPS) is 12.0. The average molecular weight is 458 g/mol. The second-order valence-corrected chi connectivity index (χ2v) is 6.94. The van der Waals surface area contributed by atoms with Crippen molar-refractivity contribution >= 4 is 47.0 Å². The molecular weight excluding hydrogens is 432 g/mol. The average Bonchev–Trinajstić information content (AvgIpc) is 2.59. The molecule has 0 heterocycles. The Morgan fingerprint density at radius 2 is 0.719 bits per heavy atom. The number of ether oxygens (including phenoxy) is 4. The summed E-state index contributed by atoms with van der Waals surface area (Å²) < 4.78 is 19.8. The number of carbonyl (C=O) groups excluding carboxylic acids is 8. The van der Waals surface area contributed by atoms with E-state index < -0.39 is 98.1 Å². The van der Waals surface area contributed by atoms with Crippen molar-refractivity contribution < 1.29 is 57.3 Å². The van der Waals surface area contributed by atoms with Gasteiger partial charge in [-0.05, 0) is 27.7 Å². The second-order valence-electron chi connectivity index (χ2n) is 6.94. The van der Waals surface area contributed by atoms with Crippen molar-refractivity contribution in [3.63, 3.8) is 0 Å². The molecule has 0 N–H and O–H groups in total. The fraction of sp³-hybridized carbons (Fsp3) is 0.600. The minimum atomic E-state index is -1.54. The van der Waals surface area contributed by atoms with E-state index in [-0.39, 0.29) is 0 Å². The predicted molar refractivity (Wildman–Crippen MR) is 103 cm³/mol. The molecule has 178 valence electrons. The molecule has 0 aliphatic rings. The number of hydrogen-bond acceptors (Lipinski definition) is 12. The molecule has 0 unspecified atom stereocenters. The molecule has 0 aliphatic heterocycles. The summed E-state index contributed by atoms with van der Waals surface area (Å²) >= 11 is 0. The highest BCUT2D eigenvalue weighted by molar-refractivity contribution is 5.96. The van der Waals surface area contributed by atoms with Crippen LogP contribution in [0, 0.1) is 0 Å². The lowest BCUT2D eigenvalue weighted by Crippen LogP contribution is -2.43. The Morgan fingerprint density at radius 3 is 0.969 bits per heavy atom. The van der Waals surface area contributed by atoms with Crippen LogP contribution in [-0.4, -0.2) is 72.4 Å². The Morgan fingerprint density at radius 1 is 0.469 bits per heavy atom. The molecule has 0 bridgehead atoms. The van der Waals surface area contributed by atoms with E-state index >= 15 is 0 Å². The smallest absolute Gasteiger partial charge is 0.313 e. The highest BCUT2D eigenvalue weighted by Crippen LogP contribution is 2.11. The van der Waals surface area contributed by atoms with E-state index in [0.29, 0.717) is 0 Å². The molecular formula is C20H26O12. The van der Waals surface area contributed by atoms with Gasteiger partial charge < -0.3 is 18.9 Å². The van der Waals surface area contributed by atoms with Gasteiger partial charge in [-0.3, -0.25) is 38.4 Å². The zero-order valence-corrected chi connectivity index (χ0v) is 18.3. The first kappa shape index (κ1) is 28.6. The van der Waals surface area contributed by atoms with Gasteiger partial charge in [-0.2, -0.15) is 0 Å². The monoisotopic (exact) mass is 458 g/mol. The number of ketones is 4. The summed E-state index contributed by atoms with van der Waals surface area (Å²) in [5, 5.41) is 0. The SMILES string of the molecule is CC(=O)CC(=O)OC[C@H](OC(=O)CC(C)=O)[C@@H](COC(=O)CC(C)=O)OC(=O)CC(C)=O. The number of carbonyl (C=O) groups is 8. The molecule has 2 atom stereocenters. The van der Waals surface area contributed by atoms with Crippen LogP contribution in [0.5, 0.6) is 0 Å². The van der Waals surface area contributed by atoms with Crippen molar-refractivity contribution in [3.05, 3.63) is 0 Å². The Bertz CT molecular complexity index is 703. The van der Waals surface area contributed by atoms with Crippen LogP contribution in [-0.2, 0) is 57.3 Å². The molecule has 0 saturated heterocycles. The van der Waals surface area contributed by atoms with Crippen molar-refractivity contribution in [2.75, 3.05) is 13.2 Å². The quantitative estimate of drug-likeness (QED) is 0.180. The summed E-state index contributed by atoms with van der Waals surface area (Å²) in [6, 6.07) is 0. The third kappa shape index (κ3) is 14.5. The van der Waals surface area contributed by atoms with Crippen molar-refractivity contribution in [1.82, 2.24) is 0 Å². The third-order valence-corrected chi connectivity index (χ3v) is 3.37. The number of hydrogen-bond donors (Lipinski definition) is 0. The zero-order valence-electron chi connectivity index (χ0n) is 18.3. The minimum Gasteiger partial charge on any atom is -0.461 e. The predicted octanol–water partition coefficient (Wildman–Crippen LogP) is -0.187. The van der Waals surface area contributed by atoms with E-state index in [1.54, 1.807) is 0 Å². The van der Waals surface area contributed by atoms with Crippen LogP contribution < -0.4 is 0 Å². The molecule has 12 nitrogen and oxygen atoms in total. The minimum absolute atomic E-state index is 0.497. The Balaban J connectivity index is 5.58. The Kier molecular flexibility index (Phi) is 13.0. The van der Waals surface area contributed by atoms with Crippen LogP contribution in [0.1, 0.15) is 53.4 Å². The third-order valence-electron chi connectivity index (χ3n) is 3.37. The molecule has 0 amide bonds. The fourth-order valence-corrected chi connectivity index (χ4v) is 2.12. The van der Waals surface area contributed by atoms with Gasteiger partial charge in [-0.1, -0.05) is 0 Å². The number of esters is 4. The summed E-state index contributed by atoms with van der Waals surface area (Å²) in [4.78, 5) is 91.7. The molecule has 0 aliphatic carbocycles. The molecule has 12 heteroatoms. The lowest BCUT2D eigenvalue weighted by atomic mass is 10.2. The summed E-state index contributed by atoms with van der Waals surface area (Å²) in [5.74, 6) is -6.10. The van der Waals surface area contributed by atoms with Gasteiger partial charge in [0.05, 0.1) is 0 Å². The standard InChI is InChI=1S/C20H26O12/c1-11(21)5-17(25)29-9-15(31-19(27)7-13(3)23)16(32-20(28)8-14(4)24)10-30-18(26)6-12(2)22/h15-16H,5-10H2,1-4H3/t15-,16+. The van der Waals surface area contributed by atoms with Gasteiger partial charge >= 0.3 is 23.9 Å². The van der Waals surface area contributed by atoms with E-state index in [1.165, 1.54) is 0 Å². The van der Waals surface area contributed by atoms with Gasteiger partial charge in [0, 0.05) is 0 Å². The highest BCUT2D eigenvalue weighted by Gasteiger charge is 2.32. The highest BCUT2D eigenvalue weighted by atomic mass is 16.6. The van der Waals surface area contributed by atoms with Crippen molar-refractivity contribution in [2.45, 2.75) is 65.6 Å². The molecule has 0 aromatic carbocycles. The van der Waals surface area contributed by atoms with Crippen LogP contribution in [0.3, 0.4) is 0 Å². The maximum atomic E-state index is 12.0. The van der Waals surface area contributed by atoms with Crippen LogP contribution in [0.25, 0.3) is 0 Å². The summed E-state index contributed by atoms with van der Waals surface area (Å²) in [5.41, 5.74) is 0. The largest absolute Gasteiger partial charge is 0.461 e. The van der Waals surface area contributed by atoms with Gasteiger partial charge in [0.25, 0.3) is 0 Å². The Hall–Kier alpha value is -3.44. The van der Waals surface area contributed by atoms with Crippen LogP contribution in [0.4, 0.5) is 0 Å². The van der Waals surface area contributed by atoms with Crippen molar-refractivity contribution in [2.24, 2.45) is 0 Å². The van der Waals surface area contributed by atoms with Crippen LogP contribution in [0.2, 0.25) is 0 Å². The lowest BCUT2D eigenvalue weighted by Gasteiger charge is -2.26. The first-order valence-corrected chi connectivity index (χ1v) is 9.48. The second kappa shape index (κ2) is 14.5. The zero-order chi connectivity index (χ0) is 24.8. The summed E-state index contributed by atoms with van der Waals surface area (Å²) in [6.45, 7) is 3.11. The maximum absolute atomic E-state index is 12.0. The van der Waals surface area contributed by atoms with Gasteiger partial charge in [0.2, 0.25) is 0 Å².